The molecule has 0 saturated carbocycles. The maximum atomic E-state index is 12.0. The van der Waals surface area contributed by atoms with E-state index in [1.54, 1.807) is 24.3 Å². The first-order chi connectivity index (χ1) is 8.09. The maximum Gasteiger partial charge on any atom is 0.261 e. The minimum Gasteiger partial charge on any atom is -0.399 e. The predicted molar refractivity (Wildman–Crippen MR) is 64.8 cm³/mol. The van der Waals surface area contributed by atoms with Crippen LogP contribution in [0.5, 0.6) is 0 Å². The molecule has 0 bridgehead atoms. The van der Waals surface area contributed by atoms with Gasteiger partial charge in [-0.2, -0.15) is 0 Å². The summed E-state index contributed by atoms with van der Waals surface area (Å²) in [7, 11) is 1.48. The molecule has 0 unspecified atom stereocenters. The van der Waals surface area contributed by atoms with Gasteiger partial charge in [0.05, 0.1) is 5.56 Å². The Morgan fingerprint density at radius 1 is 1.06 bits per heavy atom. The molecule has 3 rings (SSSR count). The number of nitrogens with two attached hydrogens (primary N) is 1. The third kappa shape index (κ3) is 1.18. The quantitative estimate of drug-likeness (QED) is 0.548. The summed E-state index contributed by atoms with van der Waals surface area (Å²) in [5.41, 5.74) is 7.34. The first-order valence-electron chi connectivity index (χ1n) is 5.24. The standard InChI is InChI=1S/C13H10N2O2/c1-15-12(16)9-4-2-3-7-5-8(14)6-10(11(7)9)13(15)17/h2-6H,14H2,1H3. The van der Waals surface area contributed by atoms with E-state index in [1.165, 1.54) is 7.05 Å². The second-order valence-corrected chi connectivity index (χ2v) is 4.14. The van der Waals surface area contributed by atoms with Crippen molar-refractivity contribution in [2.75, 3.05) is 12.8 Å². The van der Waals surface area contributed by atoms with Crippen LogP contribution in [0.1, 0.15) is 20.7 Å². The molecule has 1 aliphatic heterocycles. The Hall–Kier alpha value is -2.36. The van der Waals surface area contributed by atoms with Crippen LogP contribution in [-0.4, -0.2) is 23.8 Å². The monoisotopic (exact) mass is 226 g/mol. The number of hydrogen-bond acceptors (Lipinski definition) is 3. The van der Waals surface area contributed by atoms with Crippen LogP contribution in [0.4, 0.5) is 5.69 Å². The van der Waals surface area contributed by atoms with Gasteiger partial charge in [-0.25, -0.2) is 0 Å². The van der Waals surface area contributed by atoms with Gasteiger partial charge in [-0.15, -0.1) is 0 Å². The molecule has 0 aromatic heterocycles. The number of anilines is 1. The van der Waals surface area contributed by atoms with Crippen molar-refractivity contribution >= 4 is 28.3 Å². The highest BCUT2D eigenvalue weighted by atomic mass is 16.2. The van der Waals surface area contributed by atoms with Crippen LogP contribution < -0.4 is 5.73 Å². The molecule has 2 amide bonds. The highest BCUT2D eigenvalue weighted by molar-refractivity contribution is 6.25. The lowest BCUT2D eigenvalue weighted by atomic mass is 9.94. The summed E-state index contributed by atoms with van der Waals surface area (Å²) in [6.45, 7) is 0. The minimum atomic E-state index is -0.300. The van der Waals surface area contributed by atoms with Gasteiger partial charge in [0.15, 0.2) is 0 Å². The van der Waals surface area contributed by atoms with Crippen LogP contribution in [0.2, 0.25) is 0 Å². The molecule has 4 nitrogen and oxygen atoms in total. The molecule has 84 valence electrons. The summed E-state index contributed by atoms with van der Waals surface area (Å²) in [6, 6.07) is 8.77. The van der Waals surface area contributed by atoms with Crippen molar-refractivity contribution in [3.05, 3.63) is 41.5 Å². The molecule has 4 heteroatoms. The molecule has 1 aliphatic rings. The number of benzene rings is 2. The van der Waals surface area contributed by atoms with Gasteiger partial charge in [-0.1, -0.05) is 12.1 Å². The Morgan fingerprint density at radius 3 is 2.53 bits per heavy atom. The Labute approximate surface area is 97.6 Å². The maximum absolute atomic E-state index is 12.0. The van der Waals surface area contributed by atoms with Gasteiger partial charge < -0.3 is 5.73 Å². The third-order valence-corrected chi connectivity index (χ3v) is 3.07. The zero-order chi connectivity index (χ0) is 12.2. The summed E-state index contributed by atoms with van der Waals surface area (Å²) >= 11 is 0. The first-order valence-corrected chi connectivity index (χ1v) is 5.24. The van der Waals surface area contributed by atoms with E-state index in [2.05, 4.69) is 0 Å². The predicted octanol–water partition coefficient (Wildman–Crippen LogP) is 1.65. The molecule has 0 fully saturated rings. The average Bonchev–Trinajstić information content (AvgIpc) is 2.32. The lowest BCUT2D eigenvalue weighted by molar-refractivity contribution is 0.0651. The normalized spacial score (nSPS) is 14.5. The summed E-state index contributed by atoms with van der Waals surface area (Å²) < 4.78 is 0. The fourth-order valence-corrected chi connectivity index (χ4v) is 2.25. The fourth-order valence-electron chi connectivity index (χ4n) is 2.25. The van der Waals surface area contributed by atoms with E-state index >= 15 is 0 Å². The van der Waals surface area contributed by atoms with Crippen molar-refractivity contribution < 1.29 is 9.59 Å². The Kier molecular flexibility index (Phi) is 1.78. The SMILES string of the molecule is CN1C(=O)c2cccc3cc(N)cc(c23)C1=O. The first kappa shape index (κ1) is 9.84. The molecule has 1 heterocycles. The lowest BCUT2D eigenvalue weighted by Gasteiger charge is -2.23. The van der Waals surface area contributed by atoms with Crippen LogP contribution in [-0.2, 0) is 0 Å². The van der Waals surface area contributed by atoms with E-state index in [4.69, 9.17) is 5.73 Å². The van der Waals surface area contributed by atoms with E-state index in [0.29, 0.717) is 22.2 Å². The number of rotatable bonds is 0. The largest absolute Gasteiger partial charge is 0.399 e. The fraction of sp³-hybridized carbons (Fsp3) is 0.0769. The molecule has 0 aliphatic carbocycles. The average molecular weight is 226 g/mol. The highest BCUT2D eigenvalue weighted by Gasteiger charge is 2.30. The van der Waals surface area contributed by atoms with Crippen LogP contribution in [0, 0.1) is 0 Å². The molecule has 17 heavy (non-hydrogen) atoms. The smallest absolute Gasteiger partial charge is 0.261 e. The molecule has 2 aromatic rings. The van der Waals surface area contributed by atoms with Gasteiger partial charge in [0.1, 0.15) is 0 Å². The van der Waals surface area contributed by atoms with Gasteiger partial charge in [0.2, 0.25) is 0 Å². The number of nitrogens with zero attached hydrogens (tertiary/aromatic N) is 1. The Bertz CT molecular complexity index is 676. The van der Waals surface area contributed by atoms with E-state index in [9.17, 15) is 9.59 Å². The second-order valence-electron chi connectivity index (χ2n) is 4.14. The van der Waals surface area contributed by atoms with E-state index in [1.807, 2.05) is 6.07 Å². The number of carbonyl (C=O) groups excluding carboxylic acids is 2. The van der Waals surface area contributed by atoms with Crippen LogP contribution >= 0.6 is 0 Å². The minimum absolute atomic E-state index is 0.266. The lowest BCUT2D eigenvalue weighted by Crippen LogP contribution is -2.36. The summed E-state index contributed by atoms with van der Waals surface area (Å²) in [5, 5.41) is 1.53. The second kappa shape index (κ2) is 3.07. The highest BCUT2D eigenvalue weighted by Crippen LogP contribution is 2.31. The molecule has 0 saturated heterocycles. The molecular formula is C13H10N2O2. The summed E-state index contributed by atoms with van der Waals surface area (Å²) in [5.74, 6) is -0.566. The van der Waals surface area contributed by atoms with E-state index in [0.717, 1.165) is 10.3 Å². The number of imide groups is 1. The van der Waals surface area contributed by atoms with Crippen LogP contribution in [0.25, 0.3) is 10.8 Å². The van der Waals surface area contributed by atoms with E-state index in [-0.39, 0.29) is 11.8 Å². The Balaban J connectivity index is 2.53. The van der Waals surface area contributed by atoms with Gasteiger partial charge in [-0.05, 0) is 23.6 Å². The van der Waals surface area contributed by atoms with Crippen LogP contribution in [0.3, 0.4) is 0 Å². The van der Waals surface area contributed by atoms with Crippen molar-refractivity contribution in [3.63, 3.8) is 0 Å². The van der Waals surface area contributed by atoms with Crippen molar-refractivity contribution in [1.29, 1.82) is 0 Å². The van der Waals surface area contributed by atoms with Crippen molar-refractivity contribution in [2.45, 2.75) is 0 Å². The third-order valence-electron chi connectivity index (χ3n) is 3.07. The summed E-state index contributed by atoms with van der Waals surface area (Å²) in [4.78, 5) is 25.1. The zero-order valence-corrected chi connectivity index (χ0v) is 9.23. The van der Waals surface area contributed by atoms with Crippen molar-refractivity contribution in [1.82, 2.24) is 4.90 Å². The topological polar surface area (TPSA) is 63.4 Å². The number of nitrogen functional groups attached to an aromatic ring is 1. The number of amides is 2. The van der Waals surface area contributed by atoms with Crippen LogP contribution in [0.15, 0.2) is 30.3 Å². The molecule has 2 N–H and O–H groups in total. The molecular weight excluding hydrogens is 216 g/mol. The van der Waals surface area contributed by atoms with Gasteiger partial charge in [-0.3, -0.25) is 14.5 Å². The van der Waals surface area contributed by atoms with Gasteiger partial charge in [0, 0.05) is 23.7 Å². The number of hydrogen-bond donors (Lipinski definition) is 1. The molecule has 0 radical (unpaired) electrons. The number of carbonyl (C=O) groups is 2. The van der Waals surface area contributed by atoms with E-state index < -0.39 is 0 Å². The summed E-state index contributed by atoms with van der Waals surface area (Å²) in [6.07, 6.45) is 0. The molecule has 0 spiro atoms. The molecule has 0 atom stereocenters. The Morgan fingerprint density at radius 2 is 1.76 bits per heavy atom. The van der Waals surface area contributed by atoms with Crippen molar-refractivity contribution in [3.8, 4) is 0 Å². The zero-order valence-electron chi connectivity index (χ0n) is 9.23. The van der Waals surface area contributed by atoms with Gasteiger partial charge in [0.25, 0.3) is 11.8 Å². The molecule has 2 aromatic carbocycles. The van der Waals surface area contributed by atoms with Gasteiger partial charge >= 0.3 is 0 Å². The van der Waals surface area contributed by atoms with Crippen molar-refractivity contribution in [2.24, 2.45) is 0 Å².